The first kappa shape index (κ1) is 16.5. The predicted molar refractivity (Wildman–Crippen MR) is 79.3 cm³/mol. The molecule has 1 aromatic carbocycles. The number of hydrogen-bond donors (Lipinski definition) is 2. The minimum absolute atomic E-state index is 0.0122. The molecule has 9 heteroatoms. The number of nitro benzene ring substituents is 1. The van der Waals surface area contributed by atoms with Crippen molar-refractivity contribution < 1.29 is 18.1 Å². The average Bonchev–Trinajstić information content (AvgIpc) is 2.51. The fraction of sp³-hybridized carbons (Fsp3) is 0.214. The summed E-state index contributed by atoms with van der Waals surface area (Å²) >= 11 is 0. The molecule has 0 fully saturated rings. The third-order valence-electron chi connectivity index (χ3n) is 2.93. The van der Waals surface area contributed by atoms with Crippen molar-refractivity contribution in [2.45, 2.75) is 6.18 Å². The predicted octanol–water partition coefficient (Wildman–Crippen LogP) is 3.53. The van der Waals surface area contributed by atoms with Crippen LogP contribution in [0.1, 0.15) is 5.56 Å². The summed E-state index contributed by atoms with van der Waals surface area (Å²) in [5.41, 5.74) is -0.102. The highest BCUT2D eigenvalue weighted by atomic mass is 19.4. The lowest BCUT2D eigenvalue weighted by molar-refractivity contribution is -0.384. The van der Waals surface area contributed by atoms with E-state index in [0.717, 1.165) is 18.3 Å². The molecule has 0 unspecified atom stereocenters. The normalized spacial score (nSPS) is 11.1. The van der Waals surface area contributed by atoms with Crippen molar-refractivity contribution in [2.24, 2.45) is 0 Å². The van der Waals surface area contributed by atoms with E-state index in [2.05, 4.69) is 15.6 Å². The number of nitro groups is 1. The Labute approximate surface area is 129 Å². The number of hydrogen-bond acceptors (Lipinski definition) is 5. The second-order valence-corrected chi connectivity index (χ2v) is 4.59. The van der Waals surface area contributed by atoms with Crippen LogP contribution in [0.25, 0.3) is 0 Å². The van der Waals surface area contributed by atoms with Gasteiger partial charge in [-0.2, -0.15) is 13.2 Å². The maximum atomic E-state index is 12.6. The molecule has 0 saturated carbocycles. The summed E-state index contributed by atoms with van der Waals surface area (Å²) < 4.78 is 37.7. The van der Waals surface area contributed by atoms with E-state index in [0.29, 0.717) is 18.8 Å². The standard InChI is InChI=1S/C14H13F3N4O2/c15-14(16,17)10-5-6-19-13(9-10)20-8-7-18-11-1-3-12(4-2-11)21(22)23/h1-6,9,18H,7-8H2,(H,19,20). The molecule has 2 N–H and O–H groups in total. The van der Waals surface area contributed by atoms with Gasteiger partial charge in [-0.3, -0.25) is 10.1 Å². The first-order valence-electron chi connectivity index (χ1n) is 6.62. The zero-order valence-corrected chi connectivity index (χ0v) is 11.8. The number of rotatable bonds is 6. The summed E-state index contributed by atoms with van der Waals surface area (Å²) in [4.78, 5) is 13.8. The summed E-state index contributed by atoms with van der Waals surface area (Å²) in [7, 11) is 0. The molecule has 1 heterocycles. The minimum atomic E-state index is -4.41. The smallest absolute Gasteiger partial charge is 0.383 e. The van der Waals surface area contributed by atoms with Crippen molar-refractivity contribution in [2.75, 3.05) is 23.7 Å². The van der Waals surface area contributed by atoms with E-state index in [4.69, 9.17) is 0 Å². The monoisotopic (exact) mass is 326 g/mol. The van der Waals surface area contributed by atoms with Gasteiger partial charge in [0, 0.05) is 37.1 Å². The summed E-state index contributed by atoms with van der Waals surface area (Å²) in [5, 5.41) is 16.3. The summed E-state index contributed by atoms with van der Waals surface area (Å²) in [5.74, 6) is 0.130. The number of anilines is 2. The summed E-state index contributed by atoms with van der Waals surface area (Å²) in [6.45, 7) is 0.751. The third kappa shape index (κ3) is 4.83. The molecule has 0 radical (unpaired) electrons. The van der Waals surface area contributed by atoms with Gasteiger partial charge in [0.05, 0.1) is 10.5 Å². The Balaban J connectivity index is 1.82. The number of non-ortho nitro benzene ring substituents is 1. The number of alkyl halides is 3. The van der Waals surface area contributed by atoms with Crippen molar-refractivity contribution in [3.8, 4) is 0 Å². The lowest BCUT2D eigenvalue weighted by atomic mass is 10.2. The highest BCUT2D eigenvalue weighted by Gasteiger charge is 2.30. The van der Waals surface area contributed by atoms with Gasteiger partial charge in [-0.25, -0.2) is 4.98 Å². The van der Waals surface area contributed by atoms with Crippen molar-refractivity contribution in [1.82, 2.24) is 4.98 Å². The molecule has 6 nitrogen and oxygen atoms in total. The van der Waals surface area contributed by atoms with Gasteiger partial charge < -0.3 is 10.6 Å². The van der Waals surface area contributed by atoms with Gasteiger partial charge in [-0.1, -0.05) is 0 Å². The number of benzene rings is 1. The van der Waals surface area contributed by atoms with Gasteiger partial charge in [0.15, 0.2) is 0 Å². The fourth-order valence-electron chi connectivity index (χ4n) is 1.80. The molecule has 0 aliphatic carbocycles. The minimum Gasteiger partial charge on any atom is -0.383 e. The van der Waals surface area contributed by atoms with E-state index in [1.807, 2.05) is 0 Å². The Kier molecular flexibility index (Phi) is 4.99. The molecule has 2 aromatic rings. The molecule has 0 spiro atoms. The highest BCUT2D eigenvalue weighted by Crippen LogP contribution is 2.29. The molecule has 23 heavy (non-hydrogen) atoms. The first-order chi connectivity index (χ1) is 10.9. The van der Waals surface area contributed by atoms with Gasteiger partial charge in [-0.05, 0) is 24.3 Å². The SMILES string of the molecule is O=[N+]([O-])c1ccc(NCCNc2cc(C(F)(F)F)ccn2)cc1. The highest BCUT2D eigenvalue weighted by molar-refractivity contribution is 5.48. The molecule has 0 aliphatic rings. The Hall–Kier alpha value is -2.84. The molecule has 1 aromatic heterocycles. The van der Waals surface area contributed by atoms with Crippen LogP contribution in [0.4, 0.5) is 30.4 Å². The number of nitrogens with zero attached hydrogens (tertiary/aromatic N) is 2. The molecule has 122 valence electrons. The number of pyridine rings is 1. The fourth-order valence-corrected chi connectivity index (χ4v) is 1.80. The van der Waals surface area contributed by atoms with E-state index in [1.54, 1.807) is 12.1 Å². The Morgan fingerprint density at radius 2 is 1.74 bits per heavy atom. The van der Waals surface area contributed by atoms with Crippen LogP contribution in [0.15, 0.2) is 42.6 Å². The van der Waals surface area contributed by atoms with Crippen LogP contribution in [0.5, 0.6) is 0 Å². The molecule has 0 bridgehead atoms. The van der Waals surface area contributed by atoms with Crippen LogP contribution < -0.4 is 10.6 Å². The molecule has 0 aliphatic heterocycles. The van der Waals surface area contributed by atoms with Crippen LogP contribution >= 0.6 is 0 Å². The average molecular weight is 326 g/mol. The van der Waals surface area contributed by atoms with Crippen molar-refractivity contribution in [3.63, 3.8) is 0 Å². The Morgan fingerprint density at radius 3 is 2.35 bits per heavy atom. The largest absolute Gasteiger partial charge is 0.416 e. The van der Waals surface area contributed by atoms with E-state index in [-0.39, 0.29) is 11.5 Å². The van der Waals surface area contributed by atoms with Gasteiger partial charge in [-0.15, -0.1) is 0 Å². The molecular weight excluding hydrogens is 313 g/mol. The van der Waals surface area contributed by atoms with Gasteiger partial charge in [0.1, 0.15) is 5.82 Å². The van der Waals surface area contributed by atoms with Gasteiger partial charge in [0.2, 0.25) is 0 Å². The van der Waals surface area contributed by atoms with Gasteiger partial charge >= 0.3 is 6.18 Å². The van der Waals surface area contributed by atoms with Crippen LogP contribution in [0.2, 0.25) is 0 Å². The van der Waals surface area contributed by atoms with E-state index < -0.39 is 16.7 Å². The lowest BCUT2D eigenvalue weighted by Crippen LogP contribution is -2.15. The topological polar surface area (TPSA) is 80.1 Å². The van der Waals surface area contributed by atoms with Crippen LogP contribution in [0, 0.1) is 10.1 Å². The molecular formula is C14H13F3N4O2. The van der Waals surface area contributed by atoms with E-state index in [9.17, 15) is 23.3 Å². The third-order valence-corrected chi connectivity index (χ3v) is 2.93. The first-order valence-corrected chi connectivity index (χ1v) is 6.62. The van der Waals surface area contributed by atoms with Crippen molar-refractivity contribution in [3.05, 3.63) is 58.3 Å². The van der Waals surface area contributed by atoms with Crippen molar-refractivity contribution >= 4 is 17.2 Å². The number of nitrogens with one attached hydrogen (secondary N) is 2. The molecule has 0 amide bonds. The number of halogens is 3. The molecule has 2 rings (SSSR count). The maximum Gasteiger partial charge on any atom is 0.416 e. The lowest BCUT2D eigenvalue weighted by Gasteiger charge is -2.10. The quantitative estimate of drug-likeness (QED) is 0.482. The maximum absolute atomic E-state index is 12.6. The summed E-state index contributed by atoms with van der Waals surface area (Å²) in [6, 6.07) is 7.68. The second-order valence-electron chi connectivity index (χ2n) is 4.59. The Morgan fingerprint density at radius 1 is 1.09 bits per heavy atom. The van der Waals surface area contributed by atoms with Crippen molar-refractivity contribution in [1.29, 1.82) is 0 Å². The second kappa shape index (κ2) is 6.95. The summed E-state index contributed by atoms with van der Waals surface area (Å²) in [6.07, 6.45) is -3.31. The zero-order valence-electron chi connectivity index (χ0n) is 11.8. The van der Waals surface area contributed by atoms with E-state index in [1.165, 1.54) is 12.1 Å². The van der Waals surface area contributed by atoms with E-state index >= 15 is 0 Å². The zero-order chi connectivity index (χ0) is 16.9. The number of aromatic nitrogens is 1. The van der Waals surface area contributed by atoms with Crippen LogP contribution in [-0.2, 0) is 6.18 Å². The molecule has 0 atom stereocenters. The van der Waals surface area contributed by atoms with Crippen LogP contribution in [0.3, 0.4) is 0 Å². The van der Waals surface area contributed by atoms with Gasteiger partial charge in [0.25, 0.3) is 5.69 Å². The molecule has 0 saturated heterocycles. The Bertz CT molecular complexity index is 674. The van der Waals surface area contributed by atoms with Crippen LogP contribution in [-0.4, -0.2) is 23.0 Å².